The van der Waals surface area contributed by atoms with Crippen LogP contribution in [0.4, 0.5) is 4.39 Å². The number of halogens is 2. The molecule has 0 spiro atoms. The van der Waals surface area contributed by atoms with Gasteiger partial charge in [-0.2, -0.15) is 0 Å². The first kappa shape index (κ1) is 23.7. The van der Waals surface area contributed by atoms with Gasteiger partial charge in [0.15, 0.2) is 10.9 Å². The summed E-state index contributed by atoms with van der Waals surface area (Å²) >= 11 is 7.55. The molecule has 0 atom stereocenters. The predicted octanol–water partition coefficient (Wildman–Crippen LogP) is 4.11. The van der Waals surface area contributed by atoms with Crippen molar-refractivity contribution in [3.05, 3.63) is 64.7 Å². The smallest absolute Gasteiger partial charge is 0.216 e. The van der Waals surface area contributed by atoms with Crippen LogP contribution in [0.1, 0.15) is 29.5 Å². The Hall–Kier alpha value is -2.91. The number of methoxy groups -OCH3 is 1. The van der Waals surface area contributed by atoms with Crippen molar-refractivity contribution in [2.24, 2.45) is 0 Å². The maximum atomic E-state index is 13.1. The van der Waals surface area contributed by atoms with Crippen molar-refractivity contribution < 1.29 is 18.7 Å². The van der Waals surface area contributed by atoms with Gasteiger partial charge in [0.25, 0.3) is 0 Å². The number of nitrogens with zero attached hydrogens (tertiary/aromatic N) is 3. The van der Waals surface area contributed by atoms with Gasteiger partial charge in [-0.05, 0) is 48.9 Å². The fraction of sp³-hybridized carbons (Fsp3) is 0.273. The second-order valence-electron chi connectivity index (χ2n) is 6.86. The van der Waals surface area contributed by atoms with E-state index in [0.29, 0.717) is 46.7 Å². The lowest BCUT2D eigenvalue weighted by atomic mass is 10.1. The van der Waals surface area contributed by atoms with Crippen molar-refractivity contribution in [3.8, 4) is 11.4 Å². The Labute approximate surface area is 194 Å². The van der Waals surface area contributed by atoms with Crippen LogP contribution in [0.3, 0.4) is 0 Å². The molecule has 1 heterocycles. The molecule has 0 bridgehead atoms. The van der Waals surface area contributed by atoms with E-state index in [4.69, 9.17) is 16.3 Å². The first-order valence-electron chi connectivity index (χ1n) is 9.83. The Morgan fingerprint density at radius 3 is 2.59 bits per heavy atom. The molecule has 1 N–H and O–H groups in total. The Bertz CT molecular complexity index is 1110. The molecule has 0 aliphatic rings. The minimum absolute atomic E-state index is 0.0936. The zero-order valence-corrected chi connectivity index (χ0v) is 19.2. The van der Waals surface area contributed by atoms with Crippen molar-refractivity contribution in [1.82, 2.24) is 20.1 Å². The van der Waals surface area contributed by atoms with Crippen molar-refractivity contribution >= 4 is 35.1 Å². The lowest BCUT2D eigenvalue weighted by molar-refractivity contribution is -0.118. The molecule has 32 heavy (non-hydrogen) atoms. The summed E-state index contributed by atoms with van der Waals surface area (Å²) in [5, 5.41) is 12.3. The average molecular weight is 477 g/mol. The molecule has 1 amide bonds. The van der Waals surface area contributed by atoms with E-state index in [1.807, 2.05) is 10.6 Å². The number of aromatic nitrogens is 3. The summed E-state index contributed by atoms with van der Waals surface area (Å²) in [6.45, 7) is 1.98. The monoisotopic (exact) mass is 476 g/mol. The Morgan fingerprint density at radius 2 is 1.94 bits per heavy atom. The first-order chi connectivity index (χ1) is 15.4. The van der Waals surface area contributed by atoms with E-state index in [1.54, 1.807) is 12.1 Å². The highest BCUT2D eigenvalue weighted by atomic mass is 35.5. The van der Waals surface area contributed by atoms with Crippen molar-refractivity contribution in [2.45, 2.75) is 24.9 Å². The van der Waals surface area contributed by atoms with E-state index in [0.717, 1.165) is 5.69 Å². The molecule has 3 rings (SSSR count). The number of benzene rings is 2. The molecule has 3 aromatic rings. The van der Waals surface area contributed by atoms with Crippen molar-refractivity contribution in [2.75, 3.05) is 19.4 Å². The first-order valence-corrected chi connectivity index (χ1v) is 11.2. The van der Waals surface area contributed by atoms with Crippen LogP contribution in [0.25, 0.3) is 5.69 Å². The largest absolute Gasteiger partial charge is 0.495 e. The van der Waals surface area contributed by atoms with E-state index in [1.165, 1.54) is 50.1 Å². The maximum Gasteiger partial charge on any atom is 0.216 e. The van der Waals surface area contributed by atoms with Gasteiger partial charge in [0.1, 0.15) is 17.4 Å². The molecule has 0 unspecified atom stereocenters. The standard InChI is InChI=1S/C22H22ClFN4O3S/c1-14(29)25-11-3-4-21-26-27-22(28(21)17-9-10-20(31-2)18(23)12-17)32-13-19(30)15-5-7-16(24)8-6-15/h5-10,12H,3-4,11,13H2,1-2H3,(H,25,29). The fourth-order valence-electron chi connectivity index (χ4n) is 2.97. The summed E-state index contributed by atoms with van der Waals surface area (Å²) in [6.07, 6.45) is 1.23. The number of hydrogen-bond donors (Lipinski definition) is 1. The number of ketones is 1. The van der Waals surface area contributed by atoms with Crippen LogP contribution in [-0.4, -0.2) is 45.9 Å². The van der Waals surface area contributed by atoms with Crippen LogP contribution >= 0.6 is 23.4 Å². The van der Waals surface area contributed by atoms with Gasteiger partial charge in [0.2, 0.25) is 5.91 Å². The van der Waals surface area contributed by atoms with Crippen LogP contribution in [0.5, 0.6) is 5.75 Å². The predicted molar refractivity (Wildman–Crippen MR) is 121 cm³/mol. The molecule has 168 valence electrons. The zero-order valence-electron chi connectivity index (χ0n) is 17.6. The summed E-state index contributed by atoms with van der Waals surface area (Å²) in [5.41, 5.74) is 1.15. The van der Waals surface area contributed by atoms with Gasteiger partial charge in [-0.25, -0.2) is 4.39 Å². The van der Waals surface area contributed by atoms with Crippen molar-refractivity contribution in [1.29, 1.82) is 0 Å². The average Bonchev–Trinajstić information content (AvgIpc) is 3.18. The molecule has 0 saturated carbocycles. The SMILES string of the molecule is COc1ccc(-n2c(CCCNC(C)=O)nnc2SCC(=O)c2ccc(F)cc2)cc1Cl. The Morgan fingerprint density at radius 1 is 1.19 bits per heavy atom. The van der Waals surface area contributed by atoms with Gasteiger partial charge >= 0.3 is 0 Å². The number of thioether (sulfide) groups is 1. The number of carbonyl (C=O) groups is 2. The van der Waals surface area contributed by atoms with Gasteiger partial charge < -0.3 is 10.1 Å². The topological polar surface area (TPSA) is 86.1 Å². The quantitative estimate of drug-likeness (QED) is 0.269. The minimum atomic E-state index is -0.394. The molecule has 0 aliphatic heterocycles. The summed E-state index contributed by atoms with van der Waals surface area (Å²) in [5.74, 6) is 0.687. The van der Waals surface area contributed by atoms with Gasteiger partial charge in [0, 0.05) is 25.5 Å². The van der Waals surface area contributed by atoms with Gasteiger partial charge in [0.05, 0.1) is 23.6 Å². The third kappa shape index (κ3) is 6.08. The summed E-state index contributed by atoms with van der Waals surface area (Å²) in [7, 11) is 1.54. The van der Waals surface area contributed by atoms with Crippen LogP contribution < -0.4 is 10.1 Å². The highest BCUT2D eigenvalue weighted by Gasteiger charge is 2.17. The maximum absolute atomic E-state index is 13.1. The highest BCUT2D eigenvalue weighted by molar-refractivity contribution is 7.99. The number of hydrogen-bond acceptors (Lipinski definition) is 6. The van der Waals surface area contributed by atoms with E-state index < -0.39 is 5.82 Å². The summed E-state index contributed by atoms with van der Waals surface area (Å²) in [6, 6.07) is 10.8. The van der Waals surface area contributed by atoms with E-state index in [9.17, 15) is 14.0 Å². The van der Waals surface area contributed by atoms with Crippen LogP contribution in [0.2, 0.25) is 5.02 Å². The van der Waals surface area contributed by atoms with Crippen LogP contribution in [-0.2, 0) is 11.2 Å². The highest BCUT2D eigenvalue weighted by Crippen LogP contribution is 2.30. The number of carbonyl (C=O) groups excluding carboxylic acids is 2. The number of aryl methyl sites for hydroxylation is 1. The van der Waals surface area contributed by atoms with Crippen molar-refractivity contribution in [3.63, 3.8) is 0 Å². The van der Waals surface area contributed by atoms with E-state index in [-0.39, 0.29) is 17.4 Å². The number of ether oxygens (including phenoxy) is 1. The van der Waals surface area contributed by atoms with Gasteiger partial charge in [-0.15, -0.1) is 10.2 Å². The molecule has 0 radical (unpaired) electrons. The molecule has 10 heteroatoms. The second-order valence-corrected chi connectivity index (χ2v) is 8.21. The number of Topliss-reactive ketones (excluding diaryl/α,β-unsaturated/α-hetero) is 1. The fourth-order valence-corrected chi connectivity index (χ4v) is 4.09. The van der Waals surface area contributed by atoms with Gasteiger partial charge in [-0.3, -0.25) is 14.2 Å². The second kappa shape index (κ2) is 11.1. The summed E-state index contributed by atoms with van der Waals surface area (Å²) < 4.78 is 20.2. The molecule has 0 saturated heterocycles. The minimum Gasteiger partial charge on any atom is -0.495 e. The Kier molecular flexibility index (Phi) is 8.24. The molecular weight excluding hydrogens is 455 g/mol. The summed E-state index contributed by atoms with van der Waals surface area (Å²) in [4.78, 5) is 23.6. The molecule has 7 nitrogen and oxygen atoms in total. The number of nitrogens with one attached hydrogen (secondary N) is 1. The number of amides is 1. The molecule has 0 aliphatic carbocycles. The molecular formula is C22H22ClFN4O3S. The molecule has 2 aromatic carbocycles. The lowest BCUT2D eigenvalue weighted by Gasteiger charge is -2.12. The lowest BCUT2D eigenvalue weighted by Crippen LogP contribution is -2.21. The third-order valence-electron chi connectivity index (χ3n) is 4.54. The van der Waals surface area contributed by atoms with E-state index in [2.05, 4.69) is 15.5 Å². The molecule has 1 aromatic heterocycles. The zero-order chi connectivity index (χ0) is 23.1. The third-order valence-corrected chi connectivity index (χ3v) is 5.77. The van der Waals surface area contributed by atoms with Crippen LogP contribution in [0, 0.1) is 5.82 Å². The van der Waals surface area contributed by atoms with Crippen LogP contribution in [0.15, 0.2) is 47.6 Å². The van der Waals surface area contributed by atoms with Gasteiger partial charge in [-0.1, -0.05) is 23.4 Å². The normalized spacial score (nSPS) is 10.8. The van der Waals surface area contributed by atoms with E-state index >= 15 is 0 Å². The number of rotatable bonds is 10. The molecule has 0 fully saturated rings. The Balaban J connectivity index is 1.82.